The molecule has 0 unspecified atom stereocenters. The average molecular weight is 583 g/mol. The third kappa shape index (κ3) is 4.72. The van der Waals surface area contributed by atoms with Gasteiger partial charge in [0.2, 0.25) is 0 Å². The van der Waals surface area contributed by atoms with E-state index in [4.69, 9.17) is 0 Å². The zero-order valence-electron chi connectivity index (χ0n) is 24.9. The van der Waals surface area contributed by atoms with E-state index in [-0.39, 0.29) is 11.6 Å². The third-order valence-corrected chi connectivity index (χ3v) is 9.03. The molecule has 0 aliphatic carbocycles. The molecule has 3 heterocycles. The van der Waals surface area contributed by atoms with Gasteiger partial charge in [0.15, 0.2) is 11.6 Å². The number of rotatable bonds is 3. The summed E-state index contributed by atoms with van der Waals surface area (Å²) >= 11 is 0. The standard InChI is InChI=1S/C21H17NO.C20H13NO/c1-14-16(11-10-15-6-2-4-8-18(14)15)13-21(23)20-12-17-7-3-5-9-19(17)22-20;22-20-12-16-9-13-5-1-2-6-14(13)10-18(16)21-17-8-4-3-7-15(17)11-19(20)21/h2-12,22H,13H2,1H3;1-11H,12H2. The van der Waals surface area contributed by atoms with Gasteiger partial charge in [-0.05, 0) is 81.6 Å². The van der Waals surface area contributed by atoms with Crippen LogP contribution in [0.2, 0.25) is 0 Å². The number of aryl methyl sites for hydroxylation is 1. The number of Topliss-reactive ketones (excluding diaryl/α,β-unsaturated/α-hetero) is 2. The highest BCUT2D eigenvalue weighted by Gasteiger charge is 2.25. The Hall–Kier alpha value is -5.74. The van der Waals surface area contributed by atoms with Crippen molar-refractivity contribution in [2.75, 3.05) is 0 Å². The van der Waals surface area contributed by atoms with Gasteiger partial charge in [-0.2, -0.15) is 0 Å². The van der Waals surface area contributed by atoms with Crippen LogP contribution >= 0.6 is 0 Å². The number of ketones is 2. The molecule has 216 valence electrons. The van der Waals surface area contributed by atoms with E-state index in [2.05, 4.69) is 83.2 Å². The molecule has 6 aromatic carbocycles. The number of H-pyrrole nitrogens is 1. The Morgan fingerprint density at radius 3 is 2.16 bits per heavy atom. The zero-order chi connectivity index (χ0) is 30.5. The monoisotopic (exact) mass is 582 g/mol. The van der Waals surface area contributed by atoms with Crippen molar-refractivity contribution in [3.63, 3.8) is 0 Å². The maximum Gasteiger partial charge on any atom is 0.184 e. The quantitative estimate of drug-likeness (QED) is 0.211. The van der Waals surface area contributed by atoms with Crippen molar-refractivity contribution in [2.24, 2.45) is 0 Å². The Morgan fingerprint density at radius 1 is 0.689 bits per heavy atom. The number of hydrogen-bond donors (Lipinski definition) is 1. The normalized spacial score (nSPS) is 12.2. The molecule has 1 N–H and O–H groups in total. The lowest BCUT2D eigenvalue weighted by Crippen LogP contribution is -2.18. The van der Waals surface area contributed by atoms with Gasteiger partial charge in [-0.3, -0.25) is 9.59 Å². The van der Waals surface area contributed by atoms with Crippen LogP contribution in [-0.2, 0) is 12.8 Å². The molecule has 4 heteroatoms. The van der Waals surface area contributed by atoms with Crippen LogP contribution in [0.15, 0.2) is 133 Å². The van der Waals surface area contributed by atoms with E-state index >= 15 is 0 Å². The van der Waals surface area contributed by atoms with E-state index < -0.39 is 0 Å². The number of aromatic nitrogens is 2. The van der Waals surface area contributed by atoms with Crippen molar-refractivity contribution in [1.29, 1.82) is 0 Å². The Bertz CT molecular complexity index is 2410. The Balaban J connectivity index is 0.000000134. The molecule has 0 amide bonds. The molecule has 4 nitrogen and oxygen atoms in total. The first-order valence-electron chi connectivity index (χ1n) is 15.3. The summed E-state index contributed by atoms with van der Waals surface area (Å²) in [7, 11) is 0. The van der Waals surface area contributed by atoms with Gasteiger partial charge in [-0.25, -0.2) is 0 Å². The third-order valence-electron chi connectivity index (χ3n) is 9.03. The number of aromatic amines is 1. The molecular weight excluding hydrogens is 552 g/mol. The smallest absolute Gasteiger partial charge is 0.184 e. The highest BCUT2D eigenvalue weighted by molar-refractivity contribution is 6.06. The zero-order valence-corrected chi connectivity index (χ0v) is 24.9. The van der Waals surface area contributed by atoms with E-state index in [1.54, 1.807) is 0 Å². The van der Waals surface area contributed by atoms with Crippen LogP contribution in [0.3, 0.4) is 0 Å². The molecule has 1 aliphatic rings. The second kappa shape index (κ2) is 10.8. The highest BCUT2D eigenvalue weighted by Crippen LogP contribution is 2.34. The minimum absolute atomic E-state index is 0.125. The number of benzene rings is 6. The van der Waals surface area contributed by atoms with E-state index in [0.29, 0.717) is 18.5 Å². The summed E-state index contributed by atoms with van der Waals surface area (Å²) in [5, 5.41) is 7.02. The fraction of sp³-hybridized carbons (Fsp3) is 0.0732. The van der Waals surface area contributed by atoms with Gasteiger partial charge >= 0.3 is 0 Å². The number of carbonyl (C=O) groups is 2. The maximum absolute atomic E-state index is 12.6. The van der Waals surface area contributed by atoms with E-state index in [9.17, 15) is 9.59 Å². The first kappa shape index (κ1) is 26.9. The second-order valence-electron chi connectivity index (χ2n) is 11.8. The first-order chi connectivity index (χ1) is 22.0. The van der Waals surface area contributed by atoms with Crippen LogP contribution in [0.25, 0.3) is 49.0 Å². The summed E-state index contributed by atoms with van der Waals surface area (Å²) in [4.78, 5) is 28.4. The molecule has 45 heavy (non-hydrogen) atoms. The second-order valence-corrected chi connectivity index (χ2v) is 11.8. The lowest BCUT2D eigenvalue weighted by atomic mass is 9.96. The van der Waals surface area contributed by atoms with Gasteiger partial charge in [0.1, 0.15) is 0 Å². The van der Waals surface area contributed by atoms with Crippen molar-refractivity contribution in [2.45, 2.75) is 19.8 Å². The van der Waals surface area contributed by atoms with Crippen LogP contribution in [0.4, 0.5) is 0 Å². The number of hydrogen-bond acceptors (Lipinski definition) is 2. The van der Waals surface area contributed by atoms with Crippen LogP contribution in [-0.4, -0.2) is 21.1 Å². The van der Waals surface area contributed by atoms with Gasteiger partial charge < -0.3 is 9.55 Å². The molecule has 0 bridgehead atoms. The highest BCUT2D eigenvalue weighted by atomic mass is 16.1. The van der Waals surface area contributed by atoms with E-state index in [1.165, 1.54) is 27.1 Å². The predicted molar refractivity (Wildman–Crippen MR) is 184 cm³/mol. The molecule has 9 rings (SSSR count). The summed E-state index contributed by atoms with van der Waals surface area (Å²) in [6.45, 7) is 2.09. The summed E-state index contributed by atoms with van der Waals surface area (Å²) in [6, 6.07) is 45.2. The van der Waals surface area contributed by atoms with Crippen molar-refractivity contribution in [3.05, 3.63) is 162 Å². The van der Waals surface area contributed by atoms with Crippen molar-refractivity contribution in [1.82, 2.24) is 9.55 Å². The van der Waals surface area contributed by atoms with E-state index in [1.807, 2.05) is 66.7 Å². The number of carbonyl (C=O) groups excluding carboxylic acids is 2. The molecule has 0 radical (unpaired) electrons. The SMILES string of the molecule is Cc1c(CC(=O)c2cc3ccccc3[nH]2)ccc2ccccc12.O=C1Cc2cc3ccccc3cc2-n2c1cc1ccccc12. The van der Waals surface area contributed by atoms with Crippen LogP contribution < -0.4 is 0 Å². The predicted octanol–water partition coefficient (Wildman–Crippen LogP) is 9.58. The molecule has 1 aliphatic heterocycles. The minimum atomic E-state index is 0.125. The Morgan fingerprint density at radius 2 is 1.36 bits per heavy atom. The fourth-order valence-electron chi connectivity index (χ4n) is 6.66. The summed E-state index contributed by atoms with van der Waals surface area (Å²) in [5.41, 5.74) is 8.10. The number of nitrogens with zero attached hydrogens (tertiary/aromatic N) is 1. The Kier molecular flexibility index (Phi) is 6.42. The summed E-state index contributed by atoms with van der Waals surface area (Å²) in [5.74, 6) is 0.318. The summed E-state index contributed by atoms with van der Waals surface area (Å²) in [6.07, 6.45) is 0.903. The largest absolute Gasteiger partial charge is 0.352 e. The topological polar surface area (TPSA) is 54.9 Å². The number of fused-ring (bicyclic) bond motifs is 8. The van der Waals surface area contributed by atoms with Gasteiger partial charge in [-0.15, -0.1) is 0 Å². The van der Waals surface area contributed by atoms with Crippen molar-refractivity contribution >= 4 is 54.9 Å². The maximum atomic E-state index is 12.6. The van der Waals surface area contributed by atoms with Crippen molar-refractivity contribution < 1.29 is 9.59 Å². The number of nitrogens with one attached hydrogen (secondary N) is 1. The Labute approximate surface area is 260 Å². The lowest BCUT2D eigenvalue weighted by Gasteiger charge is -2.20. The molecule has 0 spiro atoms. The van der Waals surface area contributed by atoms with Crippen LogP contribution in [0, 0.1) is 6.92 Å². The molecular formula is C41H30N2O2. The first-order valence-corrected chi connectivity index (χ1v) is 15.3. The molecule has 8 aromatic rings. The molecule has 2 aromatic heterocycles. The molecule has 0 saturated carbocycles. The number of para-hydroxylation sites is 2. The van der Waals surface area contributed by atoms with Crippen LogP contribution in [0.5, 0.6) is 0 Å². The molecule has 0 saturated heterocycles. The lowest BCUT2D eigenvalue weighted by molar-refractivity contribution is 0.0977. The fourth-order valence-corrected chi connectivity index (χ4v) is 6.66. The van der Waals surface area contributed by atoms with Crippen LogP contribution in [0.1, 0.15) is 37.7 Å². The average Bonchev–Trinajstić information content (AvgIpc) is 3.69. The van der Waals surface area contributed by atoms with E-state index in [0.717, 1.165) is 44.3 Å². The summed E-state index contributed by atoms with van der Waals surface area (Å²) < 4.78 is 2.11. The van der Waals surface area contributed by atoms with Gasteiger partial charge in [0.05, 0.1) is 22.6 Å². The molecule has 0 fully saturated rings. The van der Waals surface area contributed by atoms with Gasteiger partial charge in [0, 0.05) is 29.1 Å². The van der Waals surface area contributed by atoms with Gasteiger partial charge in [0.25, 0.3) is 0 Å². The van der Waals surface area contributed by atoms with Crippen molar-refractivity contribution in [3.8, 4) is 5.69 Å². The molecule has 0 atom stereocenters. The van der Waals surface area contributed by atoms with Gasteiger partial charge in [-0.1, -0.05) is 97.1 Å². The minimum Gasteiger partial charge on any atom is -0.352 e.